The van der Waals surface area contributed by atoms with Crippen LogP contribution in [0.1, 0.15) is 52.7 Å². The highest BCUT2D eigenvalue weighted by Crippen LogP contribution is 2.50. The summed E-state index contributed by atoms with van der Waals surface area (Å²) in [6, 6.07) is 14.8. The predicted octanol–water partition coefficient (Wildman–Crippen LogP) is 5.10. The third-order valence-electron chi connectivity index (χ3n) is 6.75. The molecule has 7 nitrogen and oxygen atoms in total. The SMILES string of the molecule is O=C(O)CCc1ccccc1C[C@@H]1[C@H](c2nc(C(=O)Nc3ccc(Cl)cc3)co2)[C@H]2CC[C@@H]1O2. The van der Waals surface area contributed by atoms with Gasteiger partial charge >= 0.3 is 5.97 Å². The lowest BCUT2D eigenvalue weighted by Crippen LogP contribution is -2.28. The molecule has 3 heterocycles. The number of carbonyl (C=O) groups is 2. The van der Waals surface area contributed by atoms with Gasteiger partial charge in [0.05, 0.1) is 18.1 Å². The number of oxazole rings is 1. The summed E-state index contributed by atoms with van der Waals surface area (Å²) >= 11 is 5.91. The van der Waals surface area contributed by atoms with Crippen molar-refractivity contribution in [2.75, 3.05) is 5.32 Å². The van der Waals surface area contributed by atoms with E-state index in [0.717, 1.165) is 30.4 Å². The van der Waals surface area contributed by atoms with E-state index >= 15 is 0 Å². The van der Waals surface area contributed by atoms with Gasteiger partial charge in [-0.1, -0.05) is 35.9 Å². The van der Waals surface area contributed by atoms with Crippen molar-refractivity contribution in [3.05, 3.63) is 82.5 Å². The number of nitrogens with zero attached hydrogens (tertiary/aromatic N) is 1. The molecule has 0 radical (unpaired) electrons. The van der Waals surface area contributed by atoms with Crippen LogP contribution in [0.5, 0.6) is 0 Å². The first-order chi connectivity index (χ1) is 16.5. The molecule has 2 N–H and O–H groups in total. The molecule has 4 atom stereocenters. The van der Waals surface area contributed by atoms with Crippen LogP contribution in [0.3, 0.4) is 0 Å². The zero-order chi connectivity index (χ0) is 23.7. The second kappa shape index (κ2) is 9.60. The van der Waals surface area contributed by atoms with Crippen molar-refractivity contribution >= 4 is 29.2 Å². The van der Waals surface area contributed by atoms with Crippen LogP contribution in [0.4, 0.5) is 5.69 Å². The van der Waals surface area contributed by atoms with Crippen LogP contribution in [0.2, 0.25) is 5.02 Å². The highest BCUT2D eigenvalue weighted by molar-refractivity contribution is 6.30. The van der Waals surface area contributed by atoms with E-state index in [1.807, 2.05) is 18.2 Å². The Balaban J connectivity index is 1.34. The molecule has 0 unspecified atom stereocenters. The molecule has 0 spiro atoms. The highest BCUT2D eigenvalue weighted by Gasteiger charge is 2.51. The van der Waals surface area contributed by atoms with E-state index in [4.69, 9.17) is 25.9 Å². The largest absolute Gasteiger partial charge is 0.481 e. The summed E-state index contributed by atoms with van der Waals surface area (Å²) < 4.78 is 12.0. The van der Waals surface area contributed by atoms with Crippen molar-refractivity contribution < 1.29 is 23.8 Å². The van der Waals surface area contributed by atoms with E-state index in [2.05, 4.69) is 16.4 Å². The Morgan fingerprint density at radius 2 is 1.79 bits per heavy atom. The van der Waals surface area contributed by atoms with Gasteiger partial charge in [0.2, 0.25) is 5.89 Å². The molecule has 8 heteroatoms. The average Bonchev–Trinajstić information content (AvgIpc) is 3.56. The zero-order valence-electron chi connectivity index (χ0n) is 18.4. The Kier molecular flexibility index (Phi) is 6.39. The fourth-order valence-corrected chi connectivity index (χ4v) is 5.27. The Morgan fingerprint density at radius 3 is 2.56 bits per heavy atom. The maximum atomic E-state index is 12.7. The quantitative estimate of drug-likeness (QED) is 0.465. The number of aliphatic carboxylic acids is 1. The lowest BCUT2D eigenvalue weighted by Gasteiger charge is -2.26. The lowest BCUT2D eigenvalue weighted by molar-refractivity contribution is -0.136. The summed E-state index contributed by atoms with van der Waals surface area (Å²) in [7, 11) is 0. The topological polar surface area (TPSA) is 102 Å². The van der Waals surface area contributed by atoms with Gasteiger partial charge < -0.3 is 19.6 Å². The van der Waals surface area contributed by atoms with Crippen LogP contribution in [-0.2, 0) is 22.4 Å². The van der Waals surface area contributed by atoms with Crippen molar-refractivity contribution in [2.45, 2.75) is 50.2 Å². The Morgan fingerprint density at radius 1 is 1.06 bits per heavy atom. The van der Waals surface area contributed by atoms with Gasteiger partial charge in [0.1, 0.15) is 6.26 Å². The normalized spacial score (nSPS) is 23.2. The molecule has 2 aliphatic rings. The molecule has 2 saturated heterocycles. The molecule has 176 valence electrons. The minimum Gasteiger partial charge on any atom is -0.481 e. The first kappa shape index (κ1) is 22.6. The monoisotopic (exact) mass is 480 g/mol. The summed E-state index contributed by atoms with van der Waals surface area (Å²) in [5.41, 5.74) is 3.01. The predicted molar refractivity (Wildman–Crippen MR) is 126 cm³/mol. The minimum atomic E-state index is -0.805. The molecule has 1 aromatic heterocycles. The molecule has 5 rings (SSSR count). The second-order valence-electron chi connectivity index (χ2n) is 8.88. The number of benzene rings is 2. The van der Waals surface area contributed by atoms with Crippen LogP contribution in [0.15, 0.2) is 59.2 Å². The first-order valence-corrected chi connectivity index (χ1v) is 11.8. The van der Waals surface area contributed by atoms with Crippen molar-refractivity contribution in [1.29, 1.82) is 0 Å². The maximum absolute atomic E-state index is 12.7. The van der Waals surface area contributed by atoms with Crippen molar-refractivity contribution in [1.82, 2.24) is 4.98 Å². The number of hydrogen-bond acceptors (Lipinski definition) is 5. The first-order valence-electron chi connectivity index (χ1n) is 11.4. The second-order valence-corrected chi connectivity index (χ2v) is 9.31. The fraction of sp³-hybridized carbons (Fsp3) is 0.346. The molecule has 2 fully saturated rings. The molecular weight excluding hydrogens is 456 g/mol. The van der Waals surface area contributed by atoms with Gasteiger partial charge in [-0.2, -0.15) is 0 Å². The molecule has 2 aromatic carbocycles. The number of rotatable bonds is 8. The van der Waals surface area contributed by atoms with Crippen LogP contribution < -0.4 is 5.32 Å². The van der Waals surface area contributed by atoms with Crippen LogP contribution in [0.25, 0.3) is 0 Å². The number of aromatic nitrogens is 1. The van der Waals surface area contributed by atoms with Crippen molar-refractivity contribution in [3.8, 4) is 0 Å². The number of anilines is 1. The van der Waals surface area contributed by atoms with E-state index in [9.17, 15) is 9.59 Å². The van der Waals surface area contributed by atoms with Crippen molar-refractivity contribution in [2.24, 2.45) is 5.92 Å². The molecular formula is C26H25ClN2O5. The molecule has 0 aliphatic carbocycles. The number of ether oxygens (including phenoxy) is 1. The number of hydrogen-bond donors (Lipinski definition) is 2. The van der Waals surface area contributed by atoms with E-state index in [-0.39, 0.29) is 42.1 Å². The van der Waals surface area contributed by atoms with Gasteiger partial charge in [0, 0.05) is 23.0 Å². The summed E-state index contributed by atoms with van der Waals surface area (Å²) in [4.78, 5) is 28.3. The van der Waals surface area contributed by atoms with Crippen LogP contribution >= 0.6 is 11.6 Å². The standard InChI is InChI=1S/C26H25ClN2O5/c27-17-6-8-18(9-7-17)28-25(32)20-14-33-26(29-20)24-19(21-10-11-22(24)34-21)13-16-4-2-1-3-15(16)5-12-23(30)31/h1-4,6-9,14,19,21-22,24H,5,10-13H2,(H,28,32)(H,30,31)/t19-,21-,22+,24-/m0/s1. The number of nitrogens with one attached hydrogen (secondary N) is 1. The van der Waals surface area contributed by atoms with E-state index in [1.165, 1.54) is 6.26 Å². The molecule has 34 heavy (non-hydrogen) atoms. The number of halogens is 1. The van der Waals surface area contributed by atoms with Gasteiger partial charge in [0.15, 0.2) is 5.69 Å². The van der Waals surface area contributed by atoms with Crippen molar-refractivity contribution in [3.63, 3.8) is 0 Å². The van der Waals surface area contributed by atoms with E-state index in [1.54, 1.807) is 24.3 Å². The van der Waals surface area contributed by atoms with Crippen LogP contribution in [0, 0.1) is 5.92 Å². The highest BCUT2D eigenvalue weighted by atomic mass is 35.5. The summed E-state index contributed by atoms with van der Waals surface area (Å²) in [6.45, 7) is 0. The minimum absolute atomic E-state index is 0.00649. The molecule has 1 amide bonds. The molecule has 0 saturated carbocycles. The maximum Gasteiger partial charge on any atom is 0.303 e. The van der Waals surface area contributed by atoms with Gasteiger partial charge in [-0.15, -0.1) is 0 Å². The zero-order valence-corrected chi connectivity index (χ0v) is 19.2. The number of aryl methyl sites for hydroxylation is 1. The average molecular weight is 481 g/mol. The number of carboxylic acid groups (broad SMARTS) is 1. The number of amides is 1. The number of carboxylic acids is 1. The summed E-state index contributed by atoms with van der Waals surface area (Å²) in [6.07, 6.45) is 4.74. The van der Waals surface area contributed by atoms with E-state index in [0.29, 0.717) is 23.0 Å². The molecule has 2 aliphatic heterocycles. The third kappa shape index (κ3) is 4.72. The smallest absolute Gasteiger partial charge is 0.303 e. The lowest BCUT2D eigenvalue weighted by atomic mass is 9.75. The number of fused-ring (bicyclic) bond motifs is 2. The van der Waals surface area contributed by atoms with Gasteiger partial charge in [-0.25, -0.2) is 4.98 Å². The van der Waals surface area contributed by atoms with Gasteiger partial charge in [-0.05, 0) is 61.1 Å². The van der Waals surface area contributed by atoms with Gasteiger partial charge in [0.25, 0.3) is 5.91 Å². The molecule has 3 aromatic rings. The Bertz CT molecular complexity index is 1190. The Hall–Kier alpha value is -3.16. The van der Waals surface area contributed by atoms with Crippen LogP contribution in [-0.4, -0.2) is 34.2 Å². The third-order valence-corrected chi connectivity index (χ3v) is 7.00. The fourth-order valence-electron chi connectivity index (χ4n) is 5.15. The molecule has 2 bridgehead atoms. The Labute approximate surface area is 202 Å². The number of carbonyl (C=O) groups excluding carboxylic acids is 1. The summed E-state index contributed by atoms with van der Waals surface area (Å²) in [5.74, 6) is -0.544. The van der Waals surface area contributed by atoms with E-state index < -0.39 is 5.97 Å². The van der Waals surface area contributed by atoms with Gasteiger partial charge in [-0.3, -0.25) is 9.59 Å². The summed E-state index contributed by atoms with van der Waals surface area (Å²) in [5, 5.41) is 12.5.